The van der Waals surface area contributed by atoms with Crippen LogP contribution in [0.5, 0.6) is 11.5 Å². The van der Waals surface area contributed by atoms with E-state index in [0.717, 1.165) is 0 Å². The monoisotopic (exact) mass is 197 g/mol. The van der Waals surface area contributed by atoms with Crippen LogP contribution in [-0.4, -0.2) is 12.6 Å². The number of rotatable bonds is 3. The van der Waals surface area contributed by atoms with E-state index in [-0.39, 0.29) is 5.75 Å². The molecular weight excluding hydrogens is 190 g/mol. The molecule has 1 aromatic carbocycles. The van der Waals surface area contributed by atoms with Gasteiger partial charge in [-0.3, -0.25) is 4.79 Å². The molecule has 2 N–H and O–H groups in total. The minimum absolute atomic E-state index is 0.235. The van der Waals surface area contributed by atoms with E-state index < -0.39 is 6.16 Å². The van der Waals surface area contributed by atoms with Gasteiger partial charge in [-0.2, -0.15) is 5.90 Å². The third-order valence-electron chi connectivity index (χ3n) is 1.31. The lowest BCUT2D eigenvalue weighted by molar-refractivity contribution is -0.120. The van der Waals surface area contributed by atoms with Gasteiger partial charge in [-0.15, -0.1) is 0 Å². The van der Waals surface area contributed by atoms with Crippen LogP contribution in [-0.2, 0) is 9.63 Å². The first kappa shape index (κ1) is 10.0. The van der Waals surface area contributed by atoms with E-state index in [1.165, 1.54) is 24.3 Å². The number of hydrogen-bond donors (Lipinski definition) is 1. The smallest absolute Gasteiger partial charge is 0.429 e. The Kier molecular flexibility index (Phi) is 3.45. The minimum Gasteiger partial charge on any atom is -0.429 e. The molecule has 6 nitrogen and oxygen atoms in total. The van der Waals surface area contributed by atoms with E-state index in [2.05, 4.69) is 20.2 Å². The third kappa shape index (κ3) is 2.76. The first-order valence-electron chi connectivity index (χ1n) is 3.55. The largest absolute Gasteiger partial charge is 0.533 e. The molecule has 0 aliphatic carbocycles. The summed E-state index contributed by atoms with van der Waals surface area (Å²) in [5.41, 5.74) is 0. The zero-order valence-electron chi connectivity index (χ0n) is 7.01. The highest BCUT2D eigenvalue weighted by Gasteiger charge is 2.03. The molecule has 0 aromatic heterocycles. The summed E-state index contributed by atoms with van der Waals surface area (Å²) in [5.74, 6) is 5.13. The van der Waals surface area contributed by atoms with Crippen molar-refractivity contribution in [1.82, 2.24) is 0 Å². The van der Waals surface area contributed by atoms with Crippen molar-refractivity contribution in [3.05, 3.63) is 24.3 Å². The predicted octanol–water partition coefficient (Wildman–Crippen LogP) is 0.611. The molecule has 0 bridgehead atoms. The van der Waals surface area contributed by atoms with Gasteiger partial charge in [0.25, 0.3) is 6.47 Å². The van der Waals surface area contributed by atoms with Gasteiger partial charge in [0.2, 0.25) is 0 Å². The average molecular weight is 197 g/mol. The van der Waals surface area contributed by atoms with Crippen molar-refractivity contribution >= 4 is 12.6 Å². The van der Waals surface area contributed by atoms with Crippen LogP contribution in [0.1, 0.15) is 0 Å². The van der Waals surface area contributed by atoms with Gasteiger partial charge < -0.3 is 14.3 Å². The summed E-state index contributed by atoms with van der Waals surface area (Å²) in [6.07, 6.45) is -1.02. The Balaban J connectivity index is 2.63. The minimum atomic E-state index is -1.02. The van der Waals surface area contributed by atoms with Crippen LogP contribution in [0.3, 0.4) is 0 Å². The summed E-state index contributed by atoms with van der Waals surface area (Å²) in [7, 11) is 0. The van der Waals surface area contributed by atoms with Gasteiger partial charge in [0.05, 0.1) is 0 Å². The summed E-state index contributed by atoms with van der Waals surface area (Å²) in [5, 5.41) is 0. The van der Waals surface area contributed by atoms with Gasteiger partial charge in [-0.1, -0.05) is 0 Å². The Morgan fingerprint density at radius 3 is 2.29 bits per heavy atom. The fourth-order valence-corrected chi connectivity index (χ4v) is 0.762. The normalized spacial score (nSPS) is 8.93. The molecule has 0 spiro atoms. The summed E-state index contributed by atoms with van der Waals surface area (Å²) in [6, 6.07) is 5.76. The van der Waals surface area contributed by atoms with Crippen LogP contribution < -0.4 is 15.4 Å². The second-order valence-corrected chi connectivity index (χ2v) is 2.16. The molecule has 0 heterocycles. The molecule has 0 fully saturated rings. The Hall–Kier alpha value is -2.08. The summed E-state index contributed by atoms with van der Waals surface area (Å²) in [4.78, 5) is 24.3. The molecule has 0 atom stereocenters. The van der Waals surface area contributed by atoms with Crippen molar-refractivity contribution in [2.75, 3.05) is 0 Å². The Morgan fingerprint density at radius 1 is 1.21 bits per heavy atom. The lowest BCUT2D eigenvalue weighted by Crippen LogP contribution is -2.14. The van der Waals surface area contributed by atoms with Gasteiger partial charge in [0.15, 0.2) is 0 Å². The van der Waals surface area contributed by atoms with Crippen molar-refractivity contribution < 1.29 is 23.9 Å². The van der Waals surface area contributed by atoms with Gasteiger partial charge in [-0.25, -0.2) is 4.79 Å². The average Bonchev–Trinajstić information content (AvgIpc) is 2.21. The molecule has 0 aliphatic heterocycles. The number of carbonyl (C=O) groups excluding carboxylic acids is 2. The zero-order chi connectivity index (χ0) is 10.4. The van der Waals surface area contributed by atoms with Crippen LogP contribution in [0, 0.1) is 0 Å². The topological polar surface area (TPSA) is 87.8 Å². The van der Waals surface area contributed by atoms with Gasteiger partial charge >= 0.3 is 6.16 Å². The number of nitrogens with two attached hydrogens (primary N) is 1. The van der Waals surface area contributed by atoms with Gasteiger partial charge in [0.1, 0.15) is 11.5 Å². The molecule has 0 unspecified atom stereocenters. The SMILES string of the molecule is NOC(=O)Oc1ccc(OC=O)cc1. The highest BCUT2D eigenvalue weighted by Crippen LogP contribution is 2.17. The quantitative estimate of drug-likeness (QED) is 0.330. The predicted molar refractivity (Wildman–Crippen MR) is 44.4 cm³/mol. The van der Waals surface area contributed by atoms with Crippen molar-refractivity contribution in [2.45, 2.75) is 0 Å². The third-order valence-corrected chi connectivity index (χ3v) is 1.31. The second-order valence-electron chi connectivity index (χ2n) is 2.16. The molecule has 0 amide bonds. The van der Waals surface area contributed by atoms with Crippen molar-refractivity contribution in [2.24, 2.45) is 5.90 Å². The lowest BCUT2D eigenvalue weighted by atomic mass is 10.3. The first-order chi connectivity index (χ1) is 6.76. The Bertz CT molecular complexity index is 321. The molecule has 0 saturated heterocycles. The van der Waals surface area contributed by atoms with Gasteiger partial charge in [0, 0.05) is 0 Å². The zero-order valence-corrected chi connectivity index (χ0v) is 7.01. The Labute approximate surface area is 79.1 Å². The van der Waals surface area contributed by atoms with Crippen LogP contribution in [0.4, 0.5) is 4.79 Å². The van der Waals surface area contributed by atoms with E-state index in [1.807, 2.05) is 0 Å². The lowest BCUT2D eigenvalue weighted by Gasteiger charge is -2.02. The molecule has 1 aromatic rings. The van der Waals surface area contributed by atoms with E-state index in [0.29, 0.717) is 12.2 Å². The molecule has 1 rings (SSSR count). The maximum atomic E-state index is 10.5. The van der Waals surface area contributed by atoms with E-state index in [4.69, 9.17) is 0 Å². The molecular formula is C8H7NO5. The standard InChI is InChI=1S/C8H7NO5/c9-14-8(11)13-7-3-1-6(2-4-7)12-5-10/h1-5H,9H2. The van der Waals surface area contributed by atoms with Crippen molar-refractivity contribution in [3.63, 3.8) is 0 Å². The van der Waals surface area contributed by atoms with Crippen LogP contribution in [0.25, 0.3) is 0 Å². The second kappa shape index (κ2) is 4.83. The number of carbonyl (C=O) groups is 2. The molecule has 0 radical (unpaired) electrons. The molecule has 6 heteroatoms. The molecule has 74 valence electrons. The summed E-state index contributed by atoms with van der Waals surface area (Å²) in [6.45, 7) is 0.296. The number of ether oxygens (including phenoxy) is 2. The molecule has 14 heavy (non-hydrogen) atoms. The van der Waals surface area contributed by atoms with E-state index >= 15 is 0 Å². The van der Waals surface area contributed by atoms with Crippen molar-refractivity contribution in [1.29, 1.82) is 0 Å². The number of benzene rings is 1. The fraction of sp³-hybridized carbons (Fsp3) is 0. The van der Waals surface area contributed by atoms with Crippen molar-refractivity contribution in [3.8, 4) is 11.5 Å². The summed E-state index contributed by atoms with van der Waals surface area (Å²) < 4.78 is 9.08. The van der Waals surface area contributed by atoms with Crippen LogP contribution in [0.2, 0.25) is 0 Å². The summed E-state index contributed by atoms with van der Waals surface area (Å²) >= 11 is 0. The van der Waals surface area contributed by atoms with E-state index in [1.54, 1.807) is 0 Å². The maximum Gasteiger partial charge on any atom is 0.533 e. The molecule has 0 saturated carbocycles. The van der Waals surface area contributed by atoms with Gasteiger partial charge in [-0.05, 0) is 24.3 Å². The first-order valence-corrected chi connectivity index (χ1v) is 3.55. The van der Waals surface area contributed by atoms with Crippen LogP contribution >= 0.6 is 0 Å². The van der Waals surface area contributed by atoms with Crippen LogP contribution in [0.15, 0.2) is 24.3 Å². The highest BCUT2D eigenvalue weighted by atomic mass is 16.8. The maximum absolute atomic E-state index is 10.5. The number of hydrogen-bond acceptors (Lipinski definition) is 6. The van der Waals surface area contributed by atoms with E-state index in [9.17, 15) is 9.59 Å². The Morgan fingerprint density at radius 2 is 1.79 bits per heavy atom. The fourth-order valence-electron chi connectivity index (χ4n) is 0.762. The molecule has 0 aliphatic rings. The highest BCUT2D eigenvalue weighted by molar-refractivity contribution is 5.63.